The molecule has 0 amide bonds. The van der Waals surface area contributed by atoms with Crippen LogP contribution in [0.15, 0.2) is 18.2 Å². The van der Waals surface area contributed by atoms with Gasteiger partial charge in [-0.1, -0.05) is 6.07 Å². The lowest BCUT2D eigenvalue weighted by Crippen LogP contribution is -2.32. The molecule has 0 aliphatic carbocycles. The molecule has 1 N–H and O–H groups in total. The number of carboxylic acid groups (broad SMARTS) is 1. The van der Waals surface area contributed by atoms with Crippen molar-refractivity contribution < 1.29 is 23.8 Å². The maximum Gasteiger partial charge on any atom is 0.317 e. The van der Waals surface area contributed by atoms with Crippen LogP contribution >= 0.6 is 0 Å². The minimum atomic E-state index is -0.926. The minimum absolute atomic E-state index is 0.114. The first-order valence-electron chi connectivity index (χ1n) is 5.82. The number of rotatable bonds is 8. The molecular weight excluding hydrogens is 253 g/mol. The number of hydrogen-bond donors (Lipinski definition) is 1. The van der Waals surface area contributed by atoms with Crippen LogP contribution in [-0.2, 0) is 16.1 Å². The molecule has 0 atom stereocenters. The maximum atomic E-state index is 13.5. The van der Waals surface area contributed by atoms with Crippen molar-refractivity contribution >= 4 is 5.97 Å². The van der Waals surface area contributed by atoms with Crippen LogP contribution in [0, 0.1) is 5.82 Å². The van der Waals surface area contributed by atoms with Crippen LogP contribution in [0.5, 0.6) is 5.75 Å². The number of benzene rings is 1. The Morgan fingerprint density at radius 1 is 1.42 bits per heavy atom. The van der Waals surface area contributed by atoms with Crippen LogP contribution in [0.25, 0.3) is 0 Å². The summed E-state index contributed by atoms with van der Waals surface area (Å²) in [5.41, 5.74) is 0.690. The van der Waals surface area contributed by atoms with Gasteiger partial charge in [0.25, 0.3) is 0 Å². The molecule has 0 spiro atoms. The Balaban J connectivity index is 2.71. The molecule has 1 aromatic rings. The number of halogens is 1. The highest BCUT2D eigenvalue weighted by molar-refractivity contribution is 5.69. The number of ether oxygens (including phenoxy) is 2. The second-order valence-corrected chi connectivity index (χ2v) is 4.07. The Kier molecular flexibility index (Phi) is 6.24. The van der Waals surface area contributed by atoms with Crippen LogP contribution in [0.1, 0.15) is 5.56 Å². The topological polar surface area (TPSA) is 59.0 Å². The van der Waals surface area contributed by atoms with E-state index in [9.17, 15) is 9.18 Å². The first kappa shape index (κ1) is 15.4. The normalized spacial score (nSPS) is 10.7. The van der Waals surface area contributed by atoms with Gasteiger partial charge < -0.3 is 14.6 Å². The zero-order valence-corrected chi connectivity index (χ0v) is 11.1. The number of hydrogen-bond acceptors (Lipinski definition) is 4. The van der Waals surface area contributed by atoms with Crippen molar-refractivity contribution in [3.63, 3.8) is 0 Å². The van der Waals surface area contributed by atoms with Gasteiger partial charge in [-0.25, -0.2) is 4.39 Å². The Hall–Kier alpha value is -1.66. The number of aliphatic carboxylic acids is 1. The van der Waals surface area contributed by atoms with E-state index in [0.717, 1.165) is 0 Å². The van der Waals surface area contributed by atoms with Crippen molar-refractivity contribution in [2.75, 3.05) is 33.9 Å². The Morgan fingerprint density at radius 2 is 2.16 bits per heavy atom. The summed E-state index contributed by atoms with van der Waals surface area (Å²) in [5, 5.41) is 8.82. The van der Waals surface area contributed by atoms with Crippen molar-refractivity contribution in [3.8, 4) is 5.75 Å². The van der Waals surface area contributed by atoms with E-state index in [2.05, 4.69) is 0 Å². The molecular formula is C13H18FNO4. The predicted octanol–water partition coefficient (Wildman–Crippen LogP) is 1.37. The molecule has 0 fully saturated rings. The molecule has 0 unspecified atom stereocenters. The SMILES string of the molecule is COCCN(CC(=O)O)Cc1ccc(OC)c(F)c1. The van der Waals surface area contributed by atoms with Crippen LogP contribution in [0.2, 0.25) is 0 Å². The van der Waals surface area contributed by atoms with Gasteiger partial charge in [-0.2, -0.15) is 0 Å². The molecule has 0 aromatic heterocycles. The van der Waals surface area contributed by atoms with E-state index in [1.165, 1.54) is 19.2 Å². The number of carboxylic acids is 1. The summed E-state index contributed by atoms with van der Waals surface area (Å²) in [6, 6.07) is 4.59. The zero-order valence-electron chi connectivity index (χ0n) is 11.1. The van der Waals surface area contributed by atoms with E-state index in [-0.39, 0.29) is 12.3 Å². The van der Waals surface area contributed by atoms with Crippen LogP contribution < -0.4 is 4.74 Å². The summed E-state index contributed by atoms with van der Waals surface area (Å²) < 4.78 is 23.3. The van der Waals surface area contributed by atoms with Crippen molar-refractivity contribution in [2.24, 2.45) is 0 Å². The molecule has 1 rings (SSSR count). The summed E-state index contributed by atoms with van der Waals surface area (Å²) in [7, 11) is 2.94. The smallest absolute Gasteiger partial charge is 0.317 e. The standard InChI is InChI=1S/C13H18FNO4/c1-18-6-5-15(9-13(16)17)8-10-3-4-12(19-2)11(14)7-10/h3-4,7H,5-6,8-9H2,1-2H3,(H,16,17). The first-order valence-corrected chi connectivity index (χ1v) is 5.82. The third-order valence-corrected chi connectivity index (χ3v) is 2.59. The fraction of sp³-hybridized carbons (Fsp3) is 0.462. The van der Waals surface area contributed by atoms with Crippen molar-refractivity contribution in [1.82, 2.24) is 4.90 Å². The molecule has 0 aliphatic heterocycles. The van der Waals surface area contributed by atoms with Crippen molar-refractivity contribution in [2.45, 2.75) is 6.54 Å². The summed E-state index contributed by atoms with van der Waals surface area (Å²) in [6.07, 6.45) is 0. The Morgan fingerprint density at radius 3 is 2.68 bits per heavy atom. The highest BCUT2D eigenvalue weighted by atomic mass is 19.1. The average Bonchev–Trinajstić information content (AvgIpc) is 2.35. The van der Waals surface area contributed by atoms with Gasteiger partial charge in [-0.15, -0.1) is 0 Å². The van der Waals surface area contributed by atoms with Gasteiger partial charge in [0.15, 0.2) is 11.6 Å². The monoisotopic (exact) mass is 271 g/mol. The maximum absolute atomic E-state index is 13.5. The zero-order chi connectivity index (χ0) is 14.3. The lowest BCUT2D eigenvalue weighted by molar-refractivity contribution is -0.138. The second-order valence-electron chi connectivity index (χ2n) is 4.07. The van der Waals surface area contributed by atoms with E-state index in [1.54, 1.807) is 18.1 Å². The van der Waals surface area contributed by atoms with Crippen LogP contribution in [-0.4, -0.2) is 49.9 Å². The summed E-state index contributed by atoms with van der Waals surface area (Å²) >= 11 is 0. The van der Waals surface area contributed by atoms with Gasteiger partial charge in [0.05, 0.1) is 20.3 Å². The van der Waals surface area contributed by atoms with Crippen LogP contribution in [0.4, 0.5) is 4.39 Å². The van der Waals surface area contributed by atoms with Crippen molar-refractivity contribution in [3.05, 3.63) is 29.6 Å². The largest absolute Gasteiger partial charge is 0.494 e. The minimum Gasteiger partial charge on any atom is -0.494 e. The molecule has 19 heavy (non-hydrogen) atoms. The predicted molar refractivity (Wildman–Crippen MR) is 67.7 cm³/mol. The van der Waals surface area contributed by atoms with E-state index < -0.39 is 11.8 Å². The molecule has 6 heteroatoms. The lowest BCUT2D eigenvalue weighted by Gasteiger charge is -2.20. The molecule has 1 aromatic carbocycles. The molecule has 106 valence electrons. The van der Waals surface area contributed by atoms with Gasteiger partial charge >= 0.3 is 5.97 Å². The summed E-state index contributed by atoms with van der Waals surface area (Å²) in [5.74, 6) is -1.21. The second kappa shape index (κ2) is 7.70. The molecule has 0 saturated heterocycles. The third kappa shape index (κ3) is 5.23. The first-order chi connectivity index (χ1) is 9.06. The van der Waals surface area contributed by atoms with Crippen molar-refractivity contribution in [1.29, 1.82) is 0 Å². The highest BCUT2D eigenvalue weighted by Gasteiger charge is 2.11. The van der Waals surface area contributed by atoms with Gasteiger partial charge in [-0.3, -0.25) is 9.69 Å². The fourth-order valence-electron chi connectivity index (χ4n) is 1.69. The average molecular weight is 271 g/mol. The Labute approximate surface area is 111 Å². The lowest BCUT2D eigenvalue weighted by atomic mass is 10.2. The Bertz CT molecular complexity index is 425. The number of nitrogens with zero attached hydrogens (tertiary/aromatic N) is 1. The van der Waals surface area contributed by atoms with Crippen LogP contribution in [0.3, 0.4) is 0 Å². The molecule has 0 heterocycles. The summed E-state index contributed by atoms with van der Waals surface area (Å²) in [4.78, 5) is 12.4. The molecule has 0 aliphatic rings. The third-order valence-electron chi connectivity index (χ3n) is 2.59. The molecule has 0 radical (unpaired) electrons. The van der Waals surface area contributed by atoms with E-state index in [4.69, 9.17) is 14.6 Å². The molecule has 5 nitrogen and oxygen atoms in total. The number of methoxy groups -OCH3 is 2. The van der Waals surface area contributed by atoms with Gasteiger partial charge in [0, 0.05) is 20.2 Å². The molecule has 0 saturated carbocycles. The van der Waals surface area contributed by atoms with Gasteiger partial charge in [-0.05, 0) is 17.7 Å². The van der Waals surface area contributed by atoms with Gasteiger partial charge in [0.1, 0.15) is 0 Å². The van der Waals surface area contributed by atoms with Gasteiger partial charge in [0.2, 0.25) is 0 Å². The molecule has 0 bridgehead atoms. The highest BCUT2D eigenvalue weighted by Crippen LogP contribution is 2.18. The quantitative estimate of drug-likeness (QED) is 0.773. The van der Waals surface area contributed by atoms with E-state index in [1.807, 2.05) is 0 Å². The number of carbonyl (C=O) groups is 1. The van der Waals surface area contributed by atoms with E-state index in [0.29, 0.717) is 25.3 Å². The summed E-state index contributed by atoms with van der Waals surface area (Å²) in [6.45, 7) is 1.12. The van der Waals surface area contributed by atoms with E-state index >= 15 is 0 Å². The fourth-order valence-corrected chi connectivity index (χ4v) is 1.69.